The molecule has 166 valence electrons. The Morgan fingerprint density at radius 1 is 1.06 bits per heavy atom. The molecule has 0 aliphatic carbocycles. The Bertz CT molecular complexity index is 1070. The van der Waals surface area contributed by atoms with Crippen molar-refractivity contribution in [3.63, 3.8) is 0 Å². The minimum absolute atomic E-state index is 0.103. The molecule has 2 aromatic carbocycles. The molecular formula is C21H23NO8S. The number of phenols is 1. The number of aromatic hydroxyl groups is 1. The SMILES string of the molecule is O=C1CC(c2cccc(OCCCCCOc3cccc(O)c3C(=O)O)c2)S(=O)(=O)N1. The van der Waals surface area contributed by atoms with E-state index in [1.54, 1.807) is 24.3 Å². The summed E-state index contributed by atoms with van der Waals surface area (Å²) in [5.41, 5.74) is 0.247. The monoisotopic (exact) mass is 449 g/mol. The molecule has 1 unspecified atom stereocenters. The Kier molecular flexibility index (Phi) is 7.01. The summed E-state index contributed by atoms with van der Waals surface area (Å²) in [6, 6.07) is 11.0. The van der Waals surface area contributed by atoms with Gasteiger partial charge in [-0.05, 0) is 49.1 Å². The van der Waals surface area contributed by atoms with Crippen molar-refractivity contribution in [2.75, 3.05) is 13.2 Å². The fourth-order valence-electron chi connectivity index (χ4n) is 3.26. The predicted octanol–water partition coefficient (Wildman–Crippen LogP) is 2.61. The highest BCUT2D eigenvalue weighted by molar-refractivity contribution is 7.90. The van der Waals surface area contributed by atoms with Crippen molar-refractivity contribution in [3.8, 4) is 17.2 Å². The van der Waals surface area contributed by atoms with Crippen LogP contribution in [-0.4, -0.2) is 43.7 Å². The third kappa shape index (κ3) is 5.66. The Hall–Kier alpha value is -3.27. The lowest BCUT2D eigenvalue weighted by Gasteiger charge is -2.12. The van der Waals surface area contributed by atoms with Crippen molar-refractivity contribution in [2.24, 2.45) is 0 Å². The molecule has 3 N–H and O–H groups in total. The van der Waals surface area contributed by atoms with E-state index in [4.69, 9.17) is 14.6 Å². The van der Waals surface area contributed by atoms with Crippen LogP contribution in [0, 0.1) is 0 Å². The second-order valence-corrected chi connectivity index (χ2v) is 8.91. The number of rotatable bonds is 10. The molecule has 0 bridgehead atoms. The zero-order valence-electron chi connectivity index (χ0n) is 16.6. The molecule has 9 nitrogen and oxygen atoms in total. The molecule has 3 rings (SSSR count). The molecule has 31 heavy (non-hydrogen) atoms. The van der Waals surface area contributed by atoms with Crippen LogP contribution in [-0.2, 0) is 14.8 Å². The number of carboxylic acids is 1. The highest BCUT2D eigenvalue weighted by atomic mass is 32.2. The first-order chi connectivity index (χ1) is 14.8. The van der Waals surface area contributed by atoms with E-state index >= 15 is 0 Å². The molecule has 1 aliphatic heterocycles. The Labute approximate surface area is 179 Å². The molecule has 1 amide bonds. The number of hydrogen-bond acceptors (Lipinski definition) is 7. The van der Waals surface area contributed by atoms with Gasteiger partial charge in [-0.25, -0.2) is 13.2 Å². The van der Waals surface area contributed by atoms with E-state index in [9.17, 15) is 23.1 Å². The molecule has 1 heterocycles. The molecule has 0 radical (unpaired) electrons. The molecule has 2 aromatic rings. The first kappa shape index (κ1) is 22.4. The van der Waals surface area contributed by atoms with E-state index in [2.05, 4.69) is 0 Å². The van der Waals surface area contributed by atoms with Crippen LogP contribution in [0.15, 0.2) is 42.5 Å². The van der Waals surface area contributed by atoms with E-state index in [0.29, 0.717) is 37.4 Å². The molecule has 0 saturated carbocycles. The van der Waals surface area contributed by atoms with Crippen LogP contribution in [0.4, 0.5) is 0 Å². The first-order valence-corrected chi connectivity index (χ1v) is 11.3. The van der Waals surface area contributed by atoms with Gasteiger partial charge >= 0.3 is 5.97 Å². The molecule has 0 spiro atoms. The quantitative estimate of drug-likeness (QED) is 0.470. The number of carbonyl (C=O) groups excluding carboxylic acids is 1. The number of carboxylic acid groups (broad SMARTS) is 1. The Morgan fingerprint density at radius 3 is 2.45 bits per heavy atom. The summed E-state index contributed by atoms with van der Waals surface area (Å²) in [5, 5.41) is 17.9. The number of amides is 1. The van der Waals surface area contributed by atoms with Gasteiger partial charge in [0.1, 0.15) is 28.1 Å². The molecule has 1 saturated heterocycles. The molecule has 0 aromatic heterocycles. The highest BCUT2D eigenvalue weighted by Crippen LogP contribution is 2.32. The number of benzene rings is 2. The Balaban J connectivity index is 1.42. The van der Waals surface area contributed by atoms with Crippen LogP contribution in [0.2, 0.25) is 0 Å². The van der Waals surface area contributed by atoms with Crippen LogP contribution < -0.4 is 14.2 Å². The Morgan fingerprint density at radius 2 is 1.77 bits per heavy atom. The van der Waals surface area contributed by atoms with Gasteiger partial charge in [0.05, 0.1) is 19.6 Å². The van der Waals surface area contributed by atoms with Gasteiger partial charge in [0.15, 0.2) is 0 Å². The van der Waals surface area contributed by atoms with Crippen LogP contribution in [0.1, 0.15) is 46.9 Å². The van der Waals surface area contributed by atoms with Gasteiger partial charge in [-0.1, -0.05) is 18.2 Å². The van der Waals surface area contributed by atoms with Crippen molar-refractivity contribution in [1.82, 2.24) is 4.72 Å². The van der Waals surface area contributed by atoms with Gasteiger partial charge in [-0.15, -0.1) is 0 Å². The summed E-state index contributed by atoms with van der Waals surface area (Å²) in [5.74, 6) is -1.47. The lowest BCUT2D eigenvalue weighted by molar-refractivity contribution is -0.118. The first-order valence-electron chi connectivity index (χ1n) is 9.73. The zero-order valence-corrected chi connectivity index (χ0v) is 17.4. The maximum Gasteiger partial charge on any atom is 0.343 e. The van der Waals surface area contributed by atoms with Crippen molar-refractivity contribution in [3.05, 3.63) is 53.6 Å². The van der Waals surface area contributed by atoms with E-state index in [1.165, 1.54) is 18.2 Å². The van der Waals surface area contributed by atoms with Crippen molar-refractivity contribution < 1.29 is 37.7 Å². The lowest BCUT2D eigenvalue weighted by Crippen LogP contribution is -2.21. The largest absolute Gasteiger partial charge is 0.507 e. The summed E-state index contributed by atoms with van der Waals surface area (Å²) < 4.78 is 37.1. The number of unbranched alkanes of at least 4 members (excludes halogenated alkanes) is 2. The summed E-state index contributed by atoms with van der Waals surface area (Å²) in [4.78, 5) is 22.6. The average molecular weight is 449 g/mol. The van der Waals surface area contributed by atoms with Gasteiger partial charge in [-0.3, -0.25) is 9.52 Å². The fourth-order valence-corrected chi connectivity index (χ4v) is 4.68. The van der Waals surface area contributed by atoms with E-state index in [1.807, 2.05) is 4.72 Å². The highest BCUT2D eigenvalue weighted by Gasteiger charge is 2.37. The minimum atomic E-state index is -3.70. The van der Waals surface area contributed by atoms with Crippen molar-refractivity contribution in [2.45, 2.75) is 30.9 Å². The third-order valence-corrected chi connectivity index (χ3v) is 6.46. The van der Waals surface area contributed by atoms with Gasteiger partial charge in [0.2, 0.25) is 15.9 Å². The average Bonchev–Trinajstić information content (AvgIpc) is 2.99. The second kappa shape index (κ2) is 9.69. The van der Waals surface area contributed by atoms with Crippen molar-refractivity contribution in [1.29, 1.82) is 0 Å². The standard InChI is InChI=1S/C21H23NO8S/c23-16-8-5-9-17(20(16)21(25)26)30-11-3-1-2-10-29-15-7-4-6-14(12-15)18-13-19(24)22-31(18,27)28/h4-9,12,18,23H,1-3,10-11,13H2,(H,22,24)(H,25,26). The summed E-state index contributed by atoms with van der Waals surface area (Å²) in [6.45, 7) is 0.699. The topological polar surface area (TPSA) is 139 Å². The molecule has 1 atom stereocenters. The number of nitrogens with one attached hydrogen (secondary N) is 1. The van der Waals surface area contributed by atoms with Crippen LogP contribution in [0.5, 0.6) is 17.2 Å². The molecule has 1 aliphatic rings. The fraction of sp³-hybridized carbons (Fsp3) is 0.333. The number of ether oxygens (including phenoxy) is 2. The van der Waals surface area contributed by atoms with Crippen molar-refractivity contribution >= 4 is 21.9 Å². The normalized spacial score (nSPS) is 17.2. The summed E-state index contributed by atoms with van der Waals surface area (Å²) >= 11 is 0. The van der Waals surface area contributed by atoms with Gasteiger partial charge in [-0.2, -0.15) is 0 Å². The number of sulfonamides is 1. The maximum atomic E-state index is 12.0. The van der Waals surface area contributed by atoms with E-state index < -0.39 is 27.1 Å². The maximum absolute atomic E-state index is 12.0. The van der Waals surface area contributed by atoms with E-state index in [0.717, 1.165) is 6.42 Å². The third-order valence-electron chi connectivity index (χ3n) is 4.76. The summed E-state index contributed by atoms with van der Waals surface area (Å²) in [7, 11) is -3.70. The van der Waals surface area contributed by atoms with Crippen LogP contribution in [0.25, 0.3) is 0 Å². The second-order valence-electron chi connectivity index (χ2n) is 7.05. The smallest absolute Gasteiger partial charge is 0.343 e. The minimum Gasteiger partial charge on any atom is -0.507 e. The molecular weight excluding hydrogens is 426 g/mol. The number of aromatic carboxylic acids is 1. The zero-order chi connectivity index (χ0) is 22.4. The molecule has 1 fully saturated rings. The number of hydrogen-bond donors (Lipinski definition) is 3. The van der Waals surface area contributed by atoms with Crippen LogP contribution >= 0.6 is 0 Å². The van der Waals surface area contributed by atoms with Gasteiger partial charge in [0, 0.05) is 0 Å². The number of carbonyl (C=O) groups is 2. The van der Waals surface area contributed by atoms with Crippen LogP contribution in [0.3, 0.4) is 0 Å². The van der Waals surface area contributed by atoms with Gasteiger partial charge in [0.25, 0.3) is 0 Å². The summed E-state index contributed by atoms with van der Waals surface area (Å²) in [6.07, 6.45) is 2.03. The van der Waals surface area contributed by atoms with E-state index in [-0.39, 0.29) is 23.5 Å². The predicted molar refractivity (Wildman–Crippen MR) is 111 cm³/mol. The lowest BCUT2D eigenvalue weighted by atomic mass is 10.1. The van der Waals surface area contributed by atoms with Gasteiger partial charge < -0.3 is 19.7 Å². The molecule has 10 heteroatoms.